The van der Waals surface area contributed by atoms with Gasteiger partial charge in [0.05, 0.1) is 6.10 Å². The van der Waals surface area contributed by atoms with Crippen molar-refractivity contribution in [3.63, 3.8) is 0 Å². The van der Waals surface area contributed by atoms with Crippen LogP contribution in [0.1, 0.15) is 104 Å². The molecule has 2 saturated heterocycles. The molecule has 47 heavy (non-hydrogen) atoms. The van der Waals surface area contributed by atoms with E-state index in [1.54, 1.807) is 0 Å². The van der Waals surface area contributed by atoms with Crippen LogP contribution in [-0.4, -0.2) is 49.6 Å². The number of ether oxygens (including phenoxy) is 3. The van der Waals surface area contributed by atoms with Gasteiger partial charge in [0.1, 0.15) is 12.1 Å². The summed E-state index contributed by atoms with van der Waals surface area (Å²) in [5, 5.41) is 10.1. The van der Waals surface area contributed by atoms with Gasteiger partial charge in [0.15, 0.2) is 11.5 Å². The zero-order valence-corrected chi connectivity index (χ0v) is 29.1. The van der Waals surface area contributed by atoms with E-state index in [0.29, 0.717) is 47.7 Å². The first-order valence-corrected chi connectivity index (χ1v) is 19.0. The van der Waals surface area contributed by atoms with Crippen molar-refractivity contribution in [2.75, 3.05) is 19.9 Å². The Labute approximate surface area is 281 Å². The Morgan fingerprint density at radius 2 is 1.74 bits per heavy atom. The lowest BCUT2D eigenvalue weighted by molar-refractivity contribution is -0.137. The van der Waals surface area contributed by atoms with Crippen molar-refractivity contribution in [1.29, 1.82) is 0 Å². The maximum atomic E-state index is 12.9. The van der Waals surface area contributed by atoms with Gasteiger partial charge in [-0.05, 0) is 135 Å². The predicted octanol–water partition coefficient (Wildman–Crippen LogP) is 5.97. The number of hydrogen-bond acceptors (Lipinski definition) is 6. The van der Waals surface area contributed by atoms with Crippen LogP contribution in [0.5, 0.6) is 11.5 Å². The maximum Gasteiger partial charge on any atom is 0.231 e. The van der Waals surface area contributed by atoms with E-state index in [1.807, 2.05) is 18.2 Å². The van der Waals surface area contributed by atoms with E-state index in [9.17, 15) is 9.59 Å². The molecule has 258 valence electrons. The van der Waals surface area contributed by atoms with Crippen LogP contribution >= 0.6 is 0 Å². The largest absolute Gasteiger partial charge is 0.454 e. The van der Waals surface area contributed by atoms with Gasteiger partial charge in [-0.1, -0.05) is 33.8 Å². The van der Waals surface area contributed by atoms with E-state index >= 15 is 0 Å². The lowest BCUT2D eigenvalue weighted by atomic mass is 9.44. The van der Waals surface area contributed by atoms with Crippen LogP contribution in [0.15, 0.2) is 18.2 Å². The fraction of sp³-hybridized carbons (Fsp3) is 0.795. The lowest BCUT2D eigenvalue weighted by Crippen LogP contribution is -2.58. The molecular formula is C39H57N3O5. The summed E-state index contributed by atoms with van der Waals surface area (Å²) < 4.78 is 17.9. The Balaban J connectivity index is 0.832. The molecular weight excluding hydrogens is 590 g/mol. The molecule has 0 unspecified atom stereocenters. The summed E-state index contributed by atoms with van der Waals surface area (Å²) >= 11 is 0. The quantitative estimate of drug-likeness (QED) is 0.330. The molecule has 8 rings (SSSR count). The molecule has 6 fully saturated rings. The molecule has 0 radical (unpaired) electrons. The average Bonchev–Trinajstić information content (AvgIpc) is 3.70. The van der Waals surface area contributed by atoms with Gasteiger partial charge in [-0.3, -0.25) is 14.9 Å². The van der Waals surface area contributed by atoms with Crippen molar-refractivity contribution >= 4 is 11.8 Å². The van der Waals surface area contributed by atoms with Crippen molar-refractivity contribution in [3.8, 4) is 11.5 Å². The summed E-state index contributed by atoms with van der Waals surface area (Å²) in [6.07, 6.45) is 13.2. The minimum Gasteiger partial charge on any atom is -0.454 e. The third-order valence-electron chi connectivity index (χ3n) is 15.0. The molecule has 7 aliphatic rings. The van der Waals surface area contributed by atoms with Crippen LogP contribution < -0.4 is 25.4 Å². The van der Waals surface area contributed by atoms with E-state index in [-0.39, 0.29) is 36.8 Å². The number of benzene rings is 1. The zero-order valence-electron chi connectivity index (χ0n) is 29.1. The Morgan fingerprint density at radius 3 is 2.57 bits per heavy atom. The topological polar surface area (TPSA) is 97.9 Å². The second-order valence-corrected chi connectivity index (χ2v) is 17.3. The molecule has 2 amide bonds. The molecule has 8 heteroatoms. The maximum absolute atomic E-state index is 12.9. The summed E-state index contributed by atoms with van der Waals surface area (Å²) in [7, 11) is 0. The summed E-state index contributed by atoms with van der Waals surface area (Å²) in [5.41, 5.74) is 1.72. The highest BCUT2D eigenvalue weighted by Crippen LogP contribution is 2.71. The lowest BCUT2D eigenvalue weighted by Gasteiger charge is -2.61. The fourth-order valence-electron chi connectivity index (χ4n) is 12.5. The zero-order chi connectivity index (χ0) is 32.6. The van der Waals surface area contributed by atoms with Crippen molar-refractivity contribution in [2.45, 2.75) is 123 Å². The predicted molar refractivity (Wildman–Crippen MR) is 180 cm³/mol. The van der Waals surface area contributed by atoms with E-state index in [2.05, 4.69) is 43.6 Å². The minimum atomic E-state index is -0.214. The van der Waals surface area contributed by atoms with Gasteiger partial charge in [0.2, 0.25) is 18.6 Å². The number of carbonyl (C=O) groups excluding carboxylic acids is 2. The van der Waals surface area contributed by atoms with Crippen molar-refractivity contribution in [1.82, 2.24) is 16.0 Å². The molecule has 3 aliphatic heterocycles. The highest BCUT2D eigenvalue weighted by atomic mass is 16.7. The highest BCUT2D eigenvalue weighted by Gasteiger charge is 2.68. The summed E-state index contributed by atoms with van der Waals surface area (Å²) in [5.74, 6) is 6.15. The Kier molecular flexibility index (Phi) is 8.10. The van der Waals surface area contributed by atoms with Crippen molar-refractivity contribution < 1.29 is 23.8 Å². The number of rotatable bonds is 6. The van der Waals surface area contributed by atoms with E-state index in [1.165, 1.54) is 51.4 Å². The van der Waals surface area contributed by atoms with Gasteiger partial charge in [-0.2, -0.15) is 0 Å². The second-order valence-electron chi connectivity index (χ2n) is 17.3. The third kappa shape index (κ3) is 5.39. The fourth-order valence-corrected chi connectivity index (χ4v) is 12.5. The van der Waals surface area contributed by atoms with E-state index < -0.39 is 0 Å². The number of fused-ring (bicyclic) bond motifs is 8. The van der Waals surface area contributed by atoms with E-state index in [0.717, 1.165) is 60.1 Å². The van der Waals surface area contributed by atoms with Gasteiger partial charge in [0, 0.05) is 25.0 Å². The molecule has 0 bridgehead atoms. The average molecular weight is 648 g/mol. The smallest absolute Gasteiger partial charge is 0.231 e. The van der Waals surface area contributed by atoms with Crippen LogP contribution in [0.25, 0.3) is 0 Å². The van der Waals surface area contributed by atoms with Crippen LogP contribution in [0.3, 0.4) is 0 Å². The summed E-state index contributed by atoms with van der Waals surface area (Å²) in [6.45, 7) is 11.9. The second kappa shape index (κ2) is 11.9. The van der Waals surface area contributed by atoms with Gasteiger partial charge < -0.3 is 24.8 Å². The number of piperidine rings is 1. The molecule has 4 aliphatic carbocycles. The van der Waals surface area contributed by atoms with E-state index in [4.69, 9.17) is 14.2 Å². The first-order valence-electron chi connectivity index (χ1n) is 19.0. The molecule has 1 spiro atoms. The molecule has 1 aromatic rings. The number of hydrogen-bond donors (Lipinski definition) is 3. The molecule has 4 saturated carbocycles. The van der Waals surface area contributed by atoms with Gasteiger partial charge in [0.25, 0.3) is 0 Å². The van der Waals surface area contributed by atoms with Crippen molar-refractivity contribution in [3.05, 3.63) is 23.8 Å². The van der Waals surface area contributed by atoms with Crippen LogP contribution in [-0.2, 0) is 20.7 Å². The summed E-state index contributed by atoms with van der Waals surface area (Å²) in [4.78, 5) is 25.5. The Bertz CT molecular complexity index is 1380. The SMILES string of the molecule is C[C@@H]1CC[C@@]2(NC1)O[C@H]1C[C@H]3[C@@H]4CC[C@@H]5C[C@H](NC(=O)CC(=O)NCCc6ccc7c(c6)OCO7)CC[C@]5(C)[C@H]4CC[C@]3(C)[C@H]1[C@@H]2C. The standard InChI is InChI=1S/C39H57N3O5/c1-23-9-15-39(41-21-23)24(2)36-33(47-39)19-30-28-7-6-26-18-27(10-13-37(26,3)29(28)11-14-38(30,36)4)42-35(44)20-34(43)40-16-12-25-5-8-31-32(17-25)46-22-45-31/h5,8,17,23-24,26-30,33,36,41H,6-7,9-16,18-22H2,1-4H3,(H,40,43)(H,42,44)/t23-,24+,26-,27-,28-,29+,30+,33+,36+,37+,38+,39-/m1/s1. The minimum absolute atomic E-state index is 0.0893. The number of carbonyl (C=O) groups is 2. The van der Waals surface area contributed by atoms with Gasteiger partial charge in [-0.25, -0.2) is 0 Å². The van der Waals surface area contributed by atoms with Crippen LogP contribution in [0, 0.1) is 52.3 Å². The normalized spacial score (nSPS) is 44.6. The third-order valence-corrected chi connectivity index (χ3v) is 15.0. The molecule has 3 N–H and O–H groups in total. The molecule has 3 heterocycles. The Morgan fingerprint density at radius 1 is 0.915 bits per heavy atom. The van der Waals surface area contributed by atoms with Crippen LogP contribution in [0.2, 0.25) is 0 Å². The Hall–Kier alpha value is -2.32. The number of amides is 2. The van der Waals surface area contributed by atoms with Gasteiger partial charge in [-0.15, -0.1) is 0 Å². The summed E-state index contributed by atoms with van der Waals surface area (Å²) in [6, 6.07) is 6.02. The molecule has 0 aromatic heterocycles. The first kappa shape index (κ1) is 31.9. The van der Waals surface area contributed by atoms with Crippen molar-refractivity contribution in [2.24, 2.45) is 52.3 Å². The first-order chi connectivity index (χ1) is 22.6. The van der Waals surface area contributed by atoms with Gasteiger partial charge >= 0.3 is 0 Å². The highest BCUT2D eigenvalue weighted by molar-refractivity contribution is 5.96. The molecule has 12 atom stereocenters. The van der Waals surface area contributed by atoms with Crippen LogP contribution in [0.4, 0.5) is 0 Å². The molecule has 1 aromatic carbocycles. The monoisotopic (exact) mass is 647 g/mol. The molecule has 8 nitrogen and oxygen atoms in total. The number of nitrogens with one attached hydrogen (secondary N) is 3.